The molecule has 1 aliphatic heterocycles. The first-order chi connectivity index (χ1) is 13.4. The van der Waals surface area contributed by atoms with Crippen LogP contribution in [0.15, 0.2) is 23.8 Å². The summed E-state index contributed by atoms with van der Waals surface area (Å²) in [5.74, 6) is -1.74. The molecule has 6 nitrogen and oxygen atoms in total. The van der Waals surface area contributed by atoms with Crippen LogP contribution >= 0.6 is 0 Å². The highest BCUT2D eigenvalue weighted by molar-refractivity contribution is 6.01. The number of carboxylic acid groups (broad SMARTS) is 1. The van der Waals surface area contributed by atoms with Gasteiger partial charge in [-0.15, -0.1) is 0 Å². The summed E-state index contributed by atoms with van der Waals surface area (Å²) >= 11 is 0. The topological polar surface area (TPSA) is 93.1 Å². The number of carboxylic acids is 1. The predicted octanol–water partition coefficient (Wildman–Crippen LogP) is 2.85. The lowest BCUT2D eigenvalue weighted by atomic mass is 9.46. The van der Waals surface area contributed by atoms with Gasteiger partial charge in [0.15, 0.2) is 17.2 Å². The minimum Gasteiger partial charge on any atom is -0.479 e. The third-order valence-corrected chi connectivity index (χ3v) is 8.81. The van der Waals surface area contributed by atoms with Crippen molar-refractivity contribution in [1.29, 1.82) is 0 Å². The molecule has 6 heteroatoms. The molecule has 0 aromatic rings. The Kier molecular flexibility index (Phi) is 3.75. The quantitative estimate of drug-likeness (QED) is 0.701. The van der Waals surface area contributed by atoms with E-state index in [1.165, 1.54) is 0 Å². The zero-order chi connectivity index (χ0) is 21.0. The SMILES string of the molecule is CC1(C)OC2C[C@H]3[C@@H]4CCC5=CC(=O)C=C[C@]5(C)[C@H]4[C@@H](O)C[C@]3(C)[C@]2(C(=O)O)O1. The van der Waals surface area contributed by atoms with Gasteiger partial charge in [0.25, 0.3) is 0 Å². The third-order valence-electron chi connectivity index (χ3n) is 8.81. The van der Waals surface area contributed by atoms with Crippen molar-refractivity contribution in [2.75, 3.05) is 0 Å². The van der Waals surface area contributed by atoms with Crippen LogP contribution in [0.1, 0.15) is 53.4 Å². The molecule has 0 aromatic heterocycles. The highest BCUT2D eigenvalue weighted by Gasteiger charge is 2.77. The van der Waals surface area contributed by atoms with Crippen molar-refractivity contribution in [2.24, 2.45) is 28.6 Å². The minimum absolute atomic E-state index is 0.00956. The molecule has 0 bridgehead atoms. The van der Waals surface area contributed by atoms with Crippen LogP contribution in [-0.2, 0) is 19.1 Å². The Bertz CT molecular complexity index is 857. The first kappa shape index (κ1) is 19.5. The van der Waals surface area contributed by atoms with E-state index in [9.17, 15) is 19.8 Å². The number of rotatable bonds is 1. The molecule has 3 saturated carbocycles. The summed E-state index contributed by atoms with van der Waals surface area (Å²) in [6, 6.07) is 0. The Hall–Kier alpha value is -1.50. The minimum atomic E-state index is -1.44. The normalized spacial score (nSPS) is 52.2. The van der Waals surface area contributed by atoms with E-state index in [1.54, 1.807) is 26.0 Å². The first-order valence-corrected chi connectivity index (χ1v) is 10.7. The summed E-state index contributed by atoms with van der Waals surface area (Å²) in [5, 5.41) is 21.7. The van der Waals surface area contributed by atoms with Crippen molar-refractivity contribution in [3.8, 4) is 0 Å². The number of fused-ring (bicyclic) bond motifs is 7. The Morgan fingerprint density at radius 2 is 1.97 bits per heavy atom. The molecule has 158 valence electrons. The van der Waals surface area contributed by atoms with Crippen molar-refractivity contribution in [3.05, 3.63) is 23.8 Å². The molecule has 0 aromatic carbocycles. The number of hydrogen-bond acceptors (Lipinski definition) is 5. The molecule has 0 amide bonds. The van der Waals surface area contributed by atoms with Gasteiger partial charge in [-0.1, -0.05) is 25.5 Å². The average Bonchev–Trinajstić information content (AvgIpc) is 3.02. The Morgan fingerprint density at radius 1 is 1.24 bits per heavy atom. The van der Waals surface area contributed by atoms with E-state index in [4.69, 9.17) is 9.47 Å². The second kappa shape index (κ2) is 5.59. The maximum absolute atomic E-state index is 12.6. The van der Waals surface area contributed by atoms with E-state index in [-0.39, 0.29) is 29.0 Å². The van der Waals surface area contributed by atoms with Crippen molar-refractivity contribution in [3.63, 3.8) is 0 Å². The van der Waals surface area contributed by atoms with Gasteiger partial charge in [-0.2, -0.15) is 0 Å². The van der Waals surface area contributed by atoms with E-state index in [0.29, 0.717) is 12.8 Å². The average molecular weight is 402 g/mol. The zero-order valence-corrected chi connectivity index (χ0v) is 17.5. The van der Waals surface area contributed by atoms with Gasteiger partial charge in [0.1, 0.15) is 6.10 Å². The van der Waals surface area contributed by atoms with E-state index in [0.717, 1.165) is 18.4 Å². The van der Waals surface area contributed by atoms with Crippen LogP contribution in [0.5, 0.6) is 0 Å². The van der Waals surface area contributed by atoms with E-state index < -0.39 is 35.0 Å². The lowest BCUT2D eigenvalue weighted by molar-refractivity contribution is -0.232. The highest BCUT2D eigenvalue weighted by atomic mass is 16.8. The molecule has 0 radical (unpaired) electrons. The van der Waals surface area contributed by atoms with Crippen LogP contribution in [0, 0.1) is 28.6 Å². The second-order valence-corrected chi connectivity index (χ2v) is 10.6. The largest absolute Gasteiger partial charge is 0.479 e. The van der Waals surface area contributed by atoms with Gasteiger partial charge in [0.2, 0.25) is 0 Å². The van der Waals surface area contributed by atoms with Crippen LogP contribution in [-0.4, -0.2) is 45.6 Å². The number of aliphatic carboxylic acids is 1. The fourth-order valence-corrected chi connectivity index (χ4v) is 7.79. The van der Waals surface area contributed by atoms with Crippen molar-refractivity contribution in [2.45, 2.75) is 77.0 Å². The molecular weight excluding hydrogens is 372 g/mol. The van der Waals surface area contributed by atoms with Crippen LogP contribution in [0.2, 0.25) is 0 Å². The molecule has 2 N–H and O–H groups in total. The number of carbonyl (C=O) groups excluding carboxylic acids is 1. The molecule has 1 unspecified atom stereocenters. The summed E-state index contributed by atoms with van der Waals surface area (Å²) in [7, 11) is 0. The number of aliphatic hydroxyl groups excluding tert-OH is 1. The molecule has 0 spiro atoms. The Labute approximate surface area is 170 Å². The molecule has 8 atom stereocenters. The summed E-state index contributed by atoms with van der Waals surface area (Å²) in [5.41, 5.74) is -1.44. The smallest absolute Gasteiger partial charge is 0.339 e. The van der Waals surface area contributed by atoms with Crippen LogP contribution in [0.25, 0.3) is 0 Å². The zero-order valence-electron chi connectivity index (χ0n) is 17.5. The first-order valence-electron chi connectivity index (χ1n) is 10.7. The fourth-order valence-electron chi connectivity index (χ4n) is 7.79. The Balaban J connectivity index is 1.59. The van der Waals surface area contributed by atoms with Gasteiger partial charge >= 0.3 is 5.97 Å². The van der Waals surface area contributed by atoms with Gasteiger partial charge in [0, 0.05) is 16.7 Å². The van der Waals surface area contributed by atoms with Gasteiger partial charge in [-0.3, -0.25) is 4.79 Å². The van der Waals surface area contributed by atoms with Crippen LogP contribution in [0.3, 0.4) is 0 Å². The molecule has 1 saturated heterocycles. The summed E-state index contributed by atoms with van der Waals surface area (Å²) in [4.78, 5) is 24.5. The maximum Gasteiger partial charge on any atom is 0.339 e. The van der Waals surface area contributed by atoms with Crippen LogP contribution in [0.4, 0.5) is 0 Å². The number of allylic oxidation sites excluding steroid dienone is 4. The number of ether oxygens (including phenoxy) is 2. The third kappa shape index (κ3) is 2.23. The molecular formula is C23H30O6. The molecule has 1 heterocycles. The standard InChI is InChI=1S/C23H30O6/c1-20(2)28-17-10-15-14-6-5-12-9-13(24)7-8-21(12,3)18(14)16(25)11-22(15,4)23(17,29-20)19(26)27/h7-9,14-18,25H,5-6,10-11H2,1-4H3,(H,26,27)/t14-,15-,16-,17?,18+,21-,22-,23-/m0/s1. The monoisotopic (exact) mass is 402 g/mol. The molecule has 4 fully saturated rings. The maximum atomic E-state index is 12.6. The number of ketones is 1. The van der Waals surface area contributed by atoms with Crippen molar-refractivity contribution in [1.82, 2.24) is 0 Å². The van der Waals surface area contributed by atoms with Gasteiger partial charge in [0.05, 0.1) is 6.10 Å². The van der Waals surface area contributed by atoms with Gasteiger partial charge in [-0.05, 0) is 63.5 Å². The lowest BCUT2D eigenvalue weighted by Crippen LogP contribution is -2.63. The fraction of sp³-hybridized carbons (Fsp3) is 0.739. The second-order valence-electron chi connectivity index (χ2n) is 10.6. The van der Waals surface area contributed by atoms with E-state index >= 15 is 0 Å². The molecule has 4 aliphatic carbocycles. The lowest BCUT2D eigenvalue weighted by Gasteiger charge is -2.59. The Morgan fingerprint density at radius 3 is 2.66 bits per heavy atom. The van der Waals surface area contributed by atoms with E-state index in [1.807, 2.05) is 13.0 Å². The van der Waals surface area contributed by atoms with Gasteiger partial charge in [-0.25, -0.2) is 4.79 Å². The number of carbonyl (C=O) groups is 2. The highest BCUT2D eigenvalue weighted by Crippen LogP contribution is 2.70. The van der Waals surface area contributed by atoms with Crippen molar-refractivity contribution >= 4 is 11.8 Å². The molecule has 5 rings (SSSR count). The summed E-state index contributed by atoms with van der Waals surface area (Å²) < 4.78 is 12.3. The van der Waals surface area contributed by atoms with Crippen LogP contribution < -0.4 is 0 Å². The molecule has 5 aliphatic rings. The summed E-state index contributed by atoms with van der Waals surface area (Å²) in [6.07, 6.45) is 6.73. The number of hydrogen-bond donors (Lipinski definition) is 2. The van der Waals surface area contributed by atoms with Crippen molar-refractivity contribution < 1.29 is 29.3 Å². The van der Waals surface area contributed by atoms with E-state index in [2.05, 4.69) is 6.92 Å². The summed E-state index contributed by atoms with van der Waals surface area (Å²) in [6.45, 7) is 7.62. The molecule has 29 heavy (non-hydrogen) atoms. The number of aliphatic hydroxyl groups is 1. The van der Waals surface area contributed by atoms with Gasteiger partial charge < -0.3 is 19.7 Å². The predicted molar refractivity (Wildman–Crippen MR) is 104 cm³/mol.